The van der Waals surface area contributed by atoms with Gasteiger partial charge in [0.1, 0.15) is 27.9 Å². The molecule has 43 heavy (non-hydrogen) atoms. The maximum absolute atomic E-state index is 6.39. The van der Waals surface area contributed by atoms with E-state index in [1.165, 1.54) is 0 Å². The van der Waals surface area contributed by atoms with Crippen LogP contribution in [-0.4, -0.2) is 19.5 Å². The number of furan rings is 2. The molecule has 10 aromatic rings. The van der Waals surface area contributed by atoms with Crippen molar-refractivity contribution < 1.29 is 8.83 Å². The van der Waals surface area contributed by atoms with Crippen LogP contribution < -0.4 is 0 Å². The van der Waals surface area contributed by atoms with E-state index in [-0.39, 0.29) is 0 Å². The number of benzene rings is 5. The quantitative estimate of drug-likeness (QED) is 0.214. The molecule has 0 saturated heterocycles. The fourth-order valence-electron chi connectivity index (χ4n) is 6.56. The van der Waals surface area contributed by atoms with Crippen LogP contribution in [0.15, 0.2) is 130 Å². The Morgan fingerprint density at radius 2 is 1.16 bits per heavy atom. The lowest BCUT2D eigenvalue weighted by Gasteiger charge is -2.10. The van der Waals surface area contributed by atoms with Gasteiger partial charge in [0, 0.05) is 44.1 Å². The maximum Gasteiger partial charge on any atom is 0.236 e. The van der Waals surface area contributed by atoms with Gasteiger partial charge in [-0.25, -0.2) is 9.97 Å². The van der Waals surface area contributed by atoms with Gasteiger partial charge >= 0.3 is 0 Å². The number of aromatic nitrogens is 4. The zero-order valence-corrected chi connectivity index (χ0v) is 22.7. The van der Waals surface area contributed by atoms with Gasteiger partial charge in [0.2, 0.25) is 5.95 Å². The number of hydrogen-bond acceptors (Lipinski definition) is 5. The molecule has 5 aromatic heterocycles. The number of para-hydroxylation sites is 3. The summed E-state index contributed by atoms with van der Waals surface area (Å²) in [6, 6.07) is 38.9. The average Bonchev–Trinajstić information content (AvgIpc) is 3.74. The highest BCUT2D eigenvalue weighted by molar-refractivity contribution is 6.23. The molecule has 5 heterocycles. The molecular weight excluding hydrogens is 532 g/mol. The molecular formula is C37H20N4O2. The molecule has 0 amide bonds. The third-order valence-electron chi connectivity index (χ3n) is 8.47. The van der Waals surface area contributed by atoms with Crippen molar-refractivity contribution in [3.8, 4) is 17.2 Å². The Kier molecular flexibility index (Phi) is 4.36. The Hall–Kier alpha value is -6.01. The predicted octanol–water partition coefficient (Wildman–Crippen LogP) is 9.59. The Balaban J connectivity index is 1.39. The van der Waals surface area contributed by atoms with Gasteiger partial charge in [-0.2, -0.15) is 0 Å². The normalized spacial score (nSPS) is 12.2. The molecule has 200 valence electrons. The van der Waals surface area contributed by atoms with E-state index in [4.69, 9.17) is 23.8 Å². The third kappa shape index (κ3) is 3.04. The van der Waals surface area contributed by atoms with Gasteiger partial charge in [-0.05, 0) is 36.4 Å². The summed E-state index contributed by atoms with van der Waals surface area (Å²) in [6.07, 6.45) is 1.95. The van der Waals surface area contributed by atoms with E-state index in [0.29, 0.717) is 11.5 Å². The minimum atomic E-state index is 0.571. The summed E-state index contributed by atoms with van der Waals surface area (Å²) in [5, 5.41) is 6.16. The number of rotatable bonds is 2. The van der Waals surface area contributed by atoms with Gasteiger partial charge in [-0.15, -0.1) is 0 Å². The Labute approximate surface area is 243 Å². The van der Waals surface area contributed by atoms with E-state index in [9.17, 15) is 0 Å². The van der Waals surface area contributed by atoms with Crippen LogP contribution in [0.25, 0.3) is 93.9 Å². The molecule has 0 aliphatic rings. The van der Waals surface area contributed by atoms with Crippen molar-refractivity contribution in [3.63, 3.8) is 0 Å². The Bertz CT molecular complexity index is 2730. The molecule has 0 N–H and O–H groups in total. The fraction of sp³-hybridized carbons (Fsp3) is 0. The zero-order chi connectivity index (χ0) is 28.1. The van der Waals surface area contributed by atoms with E-state index < -0.39 is 0 Å². The Morgan fingerprint density at radius 1 is 0.488 bits per heavy atom. The highest BCUT2D eigenvalue weighted by atomic mass is 16.3. The highest BCUT2D eigenvalue weighted by Crippen LogP contribution is 2.41. The predicted molar refractivity (Wildman–Crippen MR) is 172 cm³/mol. The Morgan fingerprint density at radius 3 is 2.02 bits per heavy atom. The van der Waals surface area contributed by atoms with Crippen molar-refractivity contribution in [3.05, 3.63) is 121 Å². The molecule has 0 spiro atoms. The molecule has 0 bridgehead atoms. The summed E-state index contributed by atoms with van der Waals surface area (Å²) in [4.78, 5) is 15.4. The van der Waals surface area contributed by atoms with Crippen LogP contribution >= 0.6 is 0 Å². The first kappa shape index (κ1) is 22.7. The molecule has 0 aliphatic heterocycles. The second-order valence-electron chi connectivity index (χ2n) is 10.8. The van der Waals surface area contributed by atoms with Crippen molar-refractivity contribution in [2.24, 2.45) is 0 Å². The minimum Gasteiger partial charge on any atom is -0.454 e. The van der Waals surface area contributed by atoms with Crippen LogP contribution in [0, 0.1) is 0 Å². The van der Waals surface area contributed by atoms with Crippen molar-refractivity contribution in [1.29, 1.82) is 0 Å². The van der Waals surface area contributed by atoms with E-state index in [1.807, 2.05) is 60.8 Å². The first-order chi connectivity index (χ1) is 21.3. The lowest BCUT2D eigenvalue weighted by atomic mass is 10.1. The fourth-order valence-corrected chi connectivity index (χ4v) is 6.56. The van der Waals surface area contributed by atoms with E-state index in [1.54, 1.807) is 0 Å². The monoisotopic (exact) mass is 552 g/mol. The second kappa shape index (κ2) is 8.27. The van der Waals surface area contributed by atoms with Crippen LogP contribution in [0.5, 0.6) is 0 Å². The molecule has 0 fully saturated rings. The largest absolute Gasteiger partial charge is 0.454 e. The van der Waals surface area contributed by atoms with Gasteiger partial charge in [-0.1, -0.05) is 78.9 Å². The van der Waals surface area contributed by atoms with E-state index in [2.05, 4.69) is 65.2 Å². The minimum absolute atomic E-state index is 0.571. The topological polar surface area (TPSA) is 69.9 Å². The molecule has 5 aromatic carbocycles. The second-order valence-corrected chi connectivity index (χ2v) is 10.8. The van der Waals surface area contributed by atoms with E-state index >= 15 is 0 Å². The molecule has 10 rings (SSSR count). The summed E-state index contributed by atoms with van der Waals surface area (Å²) < 4.78 is 14.9. The molecule has 6 heteroatoms. The van der Waals surface area contributed by atoms with Crippen LogP contribution in [-0.2, 0) is 0 Å². The van der Waals surface area contributed by atoms with Crippen LogP contribution in [0.1, 0.15) is 0 Å². The molecule has 0 unspecified atom stereocenters. The van der Waals surface area contributed by atoms with E-state index in [0.717, 1.165) is 82.4 Å². The SMILES string of the molecule is c1ccc(-c2nc(-n3c4ccccc4c4cnc5c(ccc6c7ccccc7oc65)c43)nc3c2oc2ccccc23)cc1. The van der Waals surface area contributed by atoms with Gasteiger partial charge in [0.15, 0.2) is 11.2 Å². The van der Waals surface area contributed by atoms with Crippen LogP contribution in [0.2, 0.25) is 0 Å². The zero-order valence-electron chi connectivity index (χ0n) is 22.7. The number of pyridine rings is 1. The van der Waals surface area contributed by atoms with Crippen molar-refractivity contribution in [1.82, 2.24) is 19.5 Å². The van der Waals surface area contributed by atoms with Gasteiger partial charge in [0.05, 0.1) is 11.0 Å². The number of hydrogen-bond donors (Lipinski definition) is 0. The first-order valence-corrected chi connectivity index (χ1v) is 14.2. The van der Waals surface area contributed by atoms with Crippen molar-refractivity contribution in [2.75, 3.05) is 0 Å². The molecule has 0 saturated carbocycles. The van der Waals surface area contributed by atoms with Crippen molar-refractivity contribution >= 4 is 76.7 Å². The molecule has 0 aliphatic carbocycles. The first-order valence-electron chi connectivity index (χ1n) is 14.2. The molecule has 0 atom stereocenters. The highest BCUT2D eigenvalue weighted by Gasteiger charge is 2.23. The smallest absolute Gasteiger partial charge is 0.236 e. The number of fused-ring (bicyclic) bond motifs is 12. The lowest BCUT2D eigenvalue weighted by molar-refractivity contribution is 0.666. The summed E-state index contributed by atoms with van der Waals surface area (Å²) >= 11 is 0. The van der Waals surface area contributed by atoms with Crippen molar-refractivity contribution in [2.45, 2.75) is 0 Å². The summed E-state index contributed by atoms with van der Waals surface area (Å²) in [7, 11) is 0. The summed E-state index contributed by atoms with van der Waals surface area (Å²) in [5.74, 6) is 0.571. The standard InChI is InChI=1S/C37H20N4O2/c1-2-10-21(11-3-1)31-36-33(25-14-6-9-17-30(25)43-36)40-37(39-31)41-28-15-7-4-12-22(28)27-20-38-32-26(34(27)41)19-18-24-23-13-5-8-16-29(23)42-35(24)32/h1-20H. The third-order valence-corrected chi connectivity index (χ3v) is 8.47. The molecule has 6 nitrogen and oxygen atoms in total. The van der Waals surface area contributed by atoms with Gasteiger partial charge in [0.25, 0.3) is 0 Å². The maximum atomic E-state index is 6.39. The van der Waals surface area contributed by atoms with Crippen LogP contribution in [0.3, 0.4) is 0 Å². The van der Waals surface area contributed by atoms with Gasteiger partial charge in [-0.3, -0.25) is 9.55 Å². The number of nitrogens with zero attached hydrogens (tertiary/aromatic N) is 4. The molecule has 0 radical (unpaired) electrons. The van der Waals surface area contributed by atoms with Gasteiger partial charge < -0.3 is 8.83 Å². The lowest BCUT2D eigenvalue weighted by Crippen LogP contribution is -2.03. The summed E-state index contributed by atoms with van der Waals surface area (Å²) in [5.41, 5.74) is 8.37. The van der Waals surface area contributed by atoms with Crippen LogP contribution in [0.4, 0.5) is 0 Å². The summed E-state index contributed by atoms with van der Waals surface area (Å²) in [6.45, 7) is 0. The average molecular weight is 553 g/mol.